The summed E-state index contributed by atoms with van der Waals surface area (Å²) in [7, 11) is 0. The van der Waals surface area contributed by atoms with E-state index in [9.17, 15) is 9.90 Å². The summed E-state index contributed by atoms with van der Waals surface area (Å²) >= 11 is 0. The van der Waals surface area contributed by atoms with Gasteiger partial charge < -0.3 is 14.8 Å². The predicted molar refractivity (Wildman–Crippen MR) is 124 cm³/mol. The highest BCUT2D eigenvalue weighted by molar-refractivity contribution is 5.95. The molecule has 2 saturated heterocycles. The van der Waals surface area contributed by atoms with Gasteiger partial charge in [-0.1, -0.05) is 32.1 Å². The number of allylic oxidation sites excluding steroid dienone is 2. The second-order valence-electron chi connectivity index (χ2n) is 10.7. The first kappa shape index (κ1) is 22.1. The maximum Gasteiger partial charge on any atom is 0.202 e. The summed E-state index contributed by atoms with van der Waals surface area (Å²) in [5.74, 6) is 0.0602. The number of H-pyrrole nitrogens is 1. The van der Waals surface area contributed by atoms with Crippen LogP contribution in [0.15, 0.2) is 30.5 Å². The van der Waals surface area contributed by atoms with E-state index in [1.807, 2.05) is 18.2 Å². The highest BCUT2D eigenvalue weighted by atomic mass is 16.5. The molecule has 0 spiro atoms. The van der Waals surface area contributed by atoms with Gasteiger partial charge in [0.15, 0.2) is 5.82 Å². The maximum absolute atomic E-state index is 12.9. The third-order valence-electron chi connectivity index (χ3n) is 7.60. The SMILES string of the molecule is CC1(C)CC=C(c2cc(C3(O)CC4CCC(C3)O4)ccc2CC(=O)c2ncc(C#N)[nH]2)CC1. The lowest BCUT2D eigenvalue weighted by molar-refractivity contribution is -0.115. The van der Waals surface area contributed by atoms with Gasteiger partial charge >= 0.3 is 0 Å². The number of nitriles is 1. The molecule has 2 N–H and O–H groups in total. The summed E-state index contributed by atoms with van der Waals surface area (Å²) in [6.07, 6.45) is 10.4. The second kappa shape index (κ2) is 8.23. The van der Waals surface area contributed by atoms with Crippen molar-refractivity contribution in [3.63, 3.8) is 0 Å². The number of ether oxygens (including phenoxy) is 1. The molecule has 2 atom stereocenters. The van der Waals surface area contributed by atoms with Crippen molar-refractivity contribution in [3.8, 4) is 6.07 Å². The number of Topliss-reactive ketones (excluding diaryl/α,β-unsaturated/α-hetero) is 1. The lowest BCUT2D eigenvalue weighted by Gasteiger charge is -2.37. The molecule has 2 unspecified atom stereocenters. The average molecular weight is 446 g/mol. The van der Waals surface area contributed by atoms with Gasteiger partial charge in [0.25, 0.3) is 0 Å². The molecule has 2 fully saturated rings. The Morgan fingerprint density at radius 1 is 1.30 bits per heavy atom. The second-order valence-corrected chi connectivity index (χ2v) is 10.7. The number of aromatic nitrogens is 2. The molecule has 1 aromatic heterocycles. The van der Waals surface area contributed by atoms with Crippen molar-refractivity contribution < 1.29 is 14.6 Å². The number of ketones is 1. The Morgan fingerprint density at radius 2 is 2.06 bits per heavy atom. The molecule has 6 heteroatoms. The minimum Gasteiger partial charge on any atom is -0.385 e. The Bertz CT molecular complexity index is 1140. The monoisotopic (exact) mass is 445 g/mol. The zero-order chi connectivity index (χ0) is 23.2. The first-order valence-electron chi connectivity index (χ1n) is 11.9. The minimum absolute atomic E-state index is 0.126. The topological polar surface area (TPSA) is 99.0 Å². The zero-order valence-electron chi connectivity index (χ0n) is 19.4. The average Bonchev–Trinajstić information content (AvgIpc) is 3.40. The lowest BCUT2D eigenvalue weighted by Crippen LogP contribution is -2.38. The number of aromatic amines is 1. The van der Waals surface area contributed by atoms with Gasteiger partial charge in [-0.25, -0.2) is 4.98 Å². The van der Waals surface area contributed by atoms with E-state index in [1.165, 1.54) is 11.8 Å². The smallest absolute Gasteiger partial charge is 0.202 e. The van der Waals surface area contributed by atoms with Crippen LogP contribution in [-0.4, -0.2) is 33.1 Å². The van der Waals surface area contributed by atoms with Crippen LogP contribution in [0.25, 0.3) is 5.57 Å². The molecule has 0 amide bonds. The predicted octanol–water partition coefficient (Wildman–Crippen LogP) is 4.83. The van der Waals surface area contributed by atoms with Crippen LogP contribution in [0.1, 0.15) is 91.8 Å². The molecule has 1 aliphatic carbocycles. The van der Waals surface area contributed by atoms with E-state index in [4.69, 9.17) is 10.00 Å². The summed E-state index contributed by atoms with van der Waals surface area (Å²) in [4.78, 5) is 19.8. The van der Waals surface area contributed by atoms with Gasteiger partial charge in [0, 0.05) is 19.3 Å². The van der Waals surface area contributed by atoms with Crippen molar-refractivity contribution in [2.24, 2.45) is 5.41 Å². The minimum atomic E-state index is -0.890. The Balaban J connectivity index is 1.49. The fraction of sp³-hybridized carbons (Fsp3) is 0.519. The van der Waals surface area contributed by atoms with E-state index in [1.54, 1.807) is 0 Å². The van der Waals surface area contributed by atoms with E-state index >= 15 is 0 Å². The van der Waals surface area contributed by atoms with E-state index in [-0.39, 0.29) is 41.3 Å². The largest absolute Gasteiger partial charge is 0.385 e. The van der Waals surface area contributed by atoms with Crippen molar-refractivity contribution in [1.82, 2.24) is 9.97 Å². The fourth-order valence-electron chi connectivity index (χ4n) is 5.57. The molecule has 6 nitrogen and oxygen atoms in total. The van der Waals surface area contributed by atoms with Crippen molar-refractivity contribution in [2.45, 2.75) is 83.0 Å². The standard InChI is InChI=1S/C27H31N3O3/c1-26(2)9-7-17(8-10-26)23-12-19(27(32)13-21-5-6-22(14-27)33-21)4-3-18(23)11-24(31)25-29-16-20(15-28)30-25/h3-4,7,12,16,21-22,32H,5-6,8-11,13-14H2,1-2H3,(H,29,30). The first-order valence-corrected chi connectivity index (χ1v) is 11.9. The number of imidazole rings is 1. The fourth-order valence-corrected chi connectivity index (χ4v) is 5.57. The molecule has 1 aromatic carbocycles. The van der Waals surface area contributed by atoms with Crippen LogP contribution >= 0.6 is 0 Å². The van der Waals surface area contributed by atoms with Crippen LogP contribution in [0.5, 0.6) is 0 Å². The highest BCUT2D eigenvalue weighted by Gasteiger charge is 2.45. The van der Waals surface area contributed by atoms with Crippen molar-refractivity contribution in [1.29, 1.82) is 5.26 Å². The number of nitrogens with zero attached hydrogens (tertiary/aromatic N) is 2. The molecule has 33 heavy (non-hydrogen) atoms. The van der Waals surface area contributed by atoms with Crippen molar-refractivity contribution >= 4 is 11.4 Å². The molecule has 3 aliphatic rings. The van der Waals surface area contributed by atoms with Crippen LogP contribution < -0.4 is 0 Å². The number of aliphatic hydroxyl groups is 1. The molecular weight excluding hydrogens is 414 g/mol. The Hall–Kier alpha value is -2.75. The summed E-state index contributed by atoms with van der Waals surface area (Å²) in [6.45, 7) is 4.57. The Kier molecular flexibility index (Phi) is 5.50. The van der Waals surface area contributed by atoms with Gasteiger partial charge in [-0.2, -0.15) is 5.26 Å². The Labute approximate surface area is 194 Å². The molecule has 2 aromatic rings. The molecule has 0 radical (unpaired) electrons. The lowest BCUT2D eigenvalue weighted by atomic mass is 9.75. The maximum atomic E-state index is 12.9. The summed E-state index contributed by atoms with van der Waals surface area (Å²) in [5, 5.41) is 20.6. The molecule has 0 saturated carbocycles. The van der Waals surface area contributed by atoms with Gasteiger partial charge in [0.2, 0.25) is 5.78 Å². The number of hydrogen-bond acceptors (Lipinski definition) is 5. The summed E-state index contributed by atoms with van der Waals surface area (Å²) in [6, 6.07) is 8.06. The highest BCUT2D eigenvalue weighted by Crippen LogP contribution is 2.45. The van der Waals surface area contributed by atoms with Crippen molar-refractivity contribution in [3.05, 3.63) is 58.7 Å². The van der Waals surface area contributed by atoms with Gasteiger partial charge in [0.05, 0.1) is 24.0 Å². The van der Waals surface area contributed by atoms with E-state index in [2.05, 4.69) is 36.0 Å². The van der Waals surface area contributed by atoms with Gasteiger partial charge in [-0.05, 0) is 65.8 Å². The molecule has 3 heterocycles. The summed E-state index contributed by atoms with van der Waals surface area (Å²) < 4.78 is 5.97. The van der Waals surface area contributed by atoms with Crippen LogP contribution in [0.4, 0.5) is 0 Å². The number of benzene rings is 1. The Morgan fingerprint density at radius 3 is 2.70 bits per heavy atom. The van der Waals surface area contributed by atoms with E-state index in [0.717, 1.165) is 48.8 Å². The number of carbonyl (C=O) groups is 1. The third-order valence-corrected chi connectivity index (χ3v) is 7.60. The van der Waals surface area contributed by atoms with Crippen LogP contribution in [-0.2, 0) is 16.8 Å². The van der Waals surface area contributed by atoms with Gasteiger partial charge in [-0.3, -0.25) is 4.79 Å². The number of rotatable bonds is 5. The summed E-state index contributed by atoms with van der Waals surface area (Å²) in [5.41, 5.74) is 3.82. The van der Waals surface area contributed by atoms with E-state index in [0.29, 0.717) is 12.8 Å². The molecule has 5 rings (SSSR count). The van der Waals surface area contributed by atoms with E-state index < -0.39 is 5.60 Å². The number of fused-ring (bicyclic) bond motifs is 2. The molecule has 2 aliphatic heterocycles. The van der Waals surface area contributed by atoms with Crippen molar-refractivity contribution in [2.75, 3.05) is 0 Å². The number of carbonyl (C=O) groups excluding carboxylic acids is 1. The van der Waals surface area contributed by atoms with Gasteiger partial charge in [0.1, 0.15) is 11.8 Å². The molecule has 2 bridgehead atoms. The first-order chi connectivity index (χ1) is 15.7. The number of hydrogen-bond donors (Lipinski definition) is 2. The molecular formula is C27H31N3O3. The quantitative estimate of drug-likeness (QED) is 0.642. The van der Waals surface area contributed by atoms with Gasteiger partial charge in [-0.15, -0.1) is 0 Å². The van der Waals surface area contributed by atoms with Crippen LogP contribution in [0.3, 0.4) is 0 Å². The van der Waals surface area contributed by atoms with Crippen LogP contribution in [0.2, 0.25) is 0 Å². The van der Waals surface area contributed by atoms with Crippen LogP contribution in [0, 0.1) is 16.7 Å². The molecule has 172 valence electrons. The zero-order valence-corrected chi connectivity index (χ0v) is 19.4. The third kappa shape index (κ3) is 4.40. The normalized spacial score (nSPS) is 28.2. The number of nitrogens with one attached hydrogen (secondary N) is 1.